The first-order valence-corrected chi connectivity index (χ1v) is 19.0. The SMILES string of the molecule is COc1ccc2c(c1)C1CC1(C(=O)N[C@@H]1C3CC=C([C@@H]1O)C3(C)C)Cn1c-2c(C2CCCCC2)c2ccc(C(=O)NS(=O)(=O)N(C)C)cc21. The third-order valence-electron chi connectivity index (χ3n) is 12.6. The Labute approximate surface area is 288 Å². The first kappa shape index (κ1) is 32.5. The van der Waals surface area contributed by atoms with Crippen LogP contribution < -0.4 is 14.8 Å². The van der Waals surface area contributed by atoms with E-state index in [0.717, 1.165) is 75.5 Å². The number of aliphatic hydroxyl groups excluding tert-OH is 1. The van der Waals surface area contributed by atoms with Gasteiger partial charge in [-0.2, -0.15) is 12.7 Å². The van der Waals surface area contributed by atoms with Crippen LogP contribution in [0.5, 0.6) is 5.75 Å². The van der Waals surface area contributed by atoms with Gasteiger partial charge in [0.15, 0.2) is 0 Å². The number of methoxy groups -OCH3 is 1. The summed E-state index contributed by atoms with van der Waals surface area (Å²) < 4.78 is 36.3. The molecular formula is C38H46N4O6S. The number of nitrogens with zero attached hydrogens (tertiary/aromatic N) is 2. The predicted octanol–water partition coefficient (Wildman–Crippen LogP) is 5.22. The van der Waals surface area contributed by atoms with Crippen molar-refractivity contribution in [2.75, 3.05) is 21.2 Å². The van der Waals surface area contributed by atoms with Gasteiger partial charge in [0.1, 0.15) is 5.75 Å². The molecule has 49 heavy (non-hydrogen) atoms. The number of allylic oxidation sites excluding steroid dienone is 1. The van der Waals surface area contributed by atoms with Crippen LogP contribution in [-0.2, 0) is 21.5 Å². The molecule has 10 nitrogen and oxygen atoms in total. The van der Waals surface area contributed by atoms with E-state index < -0.39 is 27.6 Å². The van der Waals surface area contributed by atoms with Gasteiger partial charge in [0, 0.05) is 48.6 Å². The van der Waals surface area contributed by atoms with Gasteiger partial charge in [0.05, 0.1) is 30.4 Å². The Kier molecular flexibility index (Phi) is 7.41. The van der Waals surface area contributed by atoms with Crippen molar-refractivity contribution in [3.63, 3.8) is 0 Å². The fourth-order valence-electron chi connectivity index (χ4n) is 9.72. The Hall–Kier alpha value is -3.67. The Morgan fingerprint density at radius 1 is 1.06 bits per heavy atom. The number of rotatable bonds is 7. The van der Waals surface area contributed by atoms with Crippen LogP contribution in [0, 0.1) is 16.7 Å². The summed E-state index contributed by atoms with van der Waals surface area (Å²) in [6.07, 6.45) is 8.52. The quantitative estimate of drug-likeness (QED) is 0.293. The fourth-order valence-corrected chi connectivity index (χ4v) is 10.3. The highest BCUT2D eigenvalue weighted by atomic mass is 32.2. The zero-order valence-corrected chi connectivity index (χ0v) is 29.7. The van der Waals surface area contributed by atoms with Crippen LogP contribution >= 0.6 is 0 Å². The number of fused-ring (bicyclic) bond motifs is 9. The lowest BCUT2D eigenvalue weighted by Gasteiger charge is -2.29. The number of benzene rings is 2. The number of hydrogen-bond donors (Lipinski definition) is 3. The van der Waals surface area contributed by atoms with Crippen LogP contribution in [0.4, 0.5) is 0 Å². The Morgan fingerprint density at radius 3 is 2.49 bits per heavy atom. The minimum atomic E-state index is -3.99. The maximum Gasteiger partial charge on any atom is 0.303 e. The molecule has 1 aliphatic heterocycles. The second-order valence-electron chi connectivity index (χ2n) is 15.7. The van der Waals surface area contributed by atoms with Crippen molar-refractivity contribution in [1.82, 2.24) is 18.9 Å². The molecule has 3 aromatic rings. The monoisotopic (exact) mass is 686 g/mol. The lowest BCUT2D eigenvalue weighted by molar-refractivity contribution is -0.128. The van der Waals surface area contributed by atoms with E-state index >= 15 is 0 Å². The summed E-state index contributed by atoms with van der Waals surface area (Å²) in [4.78, 5) is 28.1. The van der Waals surface area contributed by atoms with Crippen molar-refractivity contribution >= 4 is 32.9 Å². The van der Waals surface area contributed by atoms with Gasteiger partial charge in [-0.25, -0.2) is 4.72 Å². The first-order valence-electron chi connectivity index (χ1n) is 17.6. The minimum Gasteiger partial charge on any atom is -0.497 e. The molecule has 0 spiro atoms. The Bertz CT molecular complexity index is 2040. The molecule has 1 aromatic heterocycles. The molecule has 4 aliphatic carbocycles. The molecule has 3 fully saturated rings. The molecule has 8 rings (SSSR count). The molecule has 3 saturated carbocycles. The Morgan fingerprint density at radius 2 is 1.82 bits per heavy atom. The number of aliphatic hydroxyl groups is 1. The van der Waals surface area contributed by atoms with Crippen molar-refractivity contribution in [1.29, 1.82) is 0 Å². The largest absolute Gasteiger partial charge is 0.497 e. The number of aromatic nitrogens is 1. The maximum absolute atomic E-state index is 14.7. The molecule has 3 N–H and O–H groups in total. The smallest absolute Gasteiger partial charge is 0.303 e. The summed E-state index contributed by atoms with van der Waals surface area (Å²) in [5.74, 6) is 0.374. The summed E-state index contributed by atoms with van der Waals surface area (Å²) in [6.45, 7) is 4.71. The number of carbonyl (C=O) groups is 2. The second kappa shape index (κ2) is 11.2. The molecule has 11 heteroatoms. The van der Waals surface area contributed by atoms with Crippen LogP contribution in [0.3, 0.4) is 0 Å². The minimum absolute atomic E-state index is 0.0496. The number of hydrogen-bond acceptors (Lipinski definition) is 6. The van der Waals surface area contributed by atoms with E-state index in [-0.39, 0.29) is 34.8 Å². The van der Waals surface area contributed by atoms with Gasteiger partial charge in [-0.15, -0.1) is 0 Å². The lowest BCUT2D eigenvalue weighted by atomic mass is 9.81. The predicted molar refractivity (Wildman–Crippen MR) is 188 cm³/mol. The van der Waals surface area contributed by atoms with E-state index in [2.05, 4.69) is 46.7 Å². The topological polar surface area (TPSA) is 130 Å². The van der Waals surface area contributed by atoms with Crippen LogP contribution in [0.15, 0.2) is 48.0 Å². The van der Waals surface area contributed by atoms with Crippen molar-refractivity contribution in [2.45, 2.75) is 89.3 Å². The zero-order valence-electron chi connectivity index (χ0n) is 28.9. The summed E-state index contributed by atoms with van der Waals surface area (Å²) >= 11 is 0. The number of nitrogens with one attached hydrogen (secondary N) is 2. The molecule has 0 saturated heterocycles. The van der Waals surface area contributed by atoms with Crippen molar-refractivity contribution in [3.8, 4) is 17.0 Å². The third kappa shape index (κ3) is 4.82. The highest BCUT2D eigenvalue weighted by Crippen LogP contribution is 2.66. The van der Waals surface area contributed by atoms with E-state index in [0.29, 0.717) is 18.9 Å². The molecule has 0 radical (unpaired) electrons. The molecular weight excluding hydrogens is 641 g/mol. The zero-order chi connectivity index (χ0) is 34.6. The number of carbonyl (C=O) groups excluding carboxylic acids is 2. The summed E-state index contributed by atoms with van der Waals surface area (Å²) in [6, 6.07) is 11.3. The number of ether oxygens (including phenoxy) is 1. The Balaban J connectivity index is 1.29. The average Bonchev–Trinajstić information content (AvgIpc) is 3.59. The van der Waals surface area contributed by atoms with Gasteiger partial charge in [-0.1, -0.05) is 45.3 Å². The molecule has 2 amide bonds. The molecule has 3 unspecified atom stereocenters. The van der Waals surface area contributed by atoms with Crippen molar-refractivity contribution in [3.05, 3.63) is 64.7 Å². The normalized spacial score (nSPS) is 28.3. The molecule has 2 bridgehead atoms. The average molecular weight is 687 g/mol. The molecule has 260 valence electrons. The van der Waals surface area contributed by atoms with Gasteiger partial charge in [-0.3, -0.25) is 9.59 Å². The van der Waals surface area contributed by atoms with Crippen LogP contribution in [0.2, 0.25) is 0 Å². The fraction of sp³-hybridized carbons (Fsp3) is 0.526. The highest BCUT2D eigenvalue weighted by molar-refractivity contribution is 7.87. The van der Waals surface area contributed by atoms with E-state index in [1.165, 1.54) is 26.1 Å². The van der Waals surface area contributed by atoms with Crippen LogP contribution in [0.1, 0.15) is 92.1 Å². The lowest BCUT2D eigenvalue weighted by Crippen LogP contribution is -2.49. The third-order valence-corrected chi connectivity index (χ3v) is 14.0. The molecule has 2 heterocycles. The summed E-state index contributed by atoms with van der Waals surface area (Å²) in [5, 5.41) is 15.7. The van der Waals surface area contributed by atoms with Crippen LogP contribution in [-0.4, -0.2) is 67.6 Å². The molecule has 5 atom stereocenters. The first-order chi connectivity index (χ1) is 23.3. The van der Waals surface area contributed by atoms with Crippen LogP contribution in [0.25, 0.3) is 22.2 Å². The number of amides is 2. The van der Waals surface area contributed by atoms with E-state index in [1.54, 1.807) is 19.2 Å². The van der Waals surface area contributed by atoms with Gasteiger partial charge in [-0.05, 0) is 90.0 Å². The maximum atomic E-state index is 14.7. The van der Waals surface area contributed by atoms with Gasteiger partial charge >= 0.3 is 10.2 Å². The van der Waals surface area contributed by atoms with Gasteiger partial charge < -0.3 is 19.7 Å². The van der Waals surface area contributed by atoms with Gasteiger partial charge in [0.25, 0.3) is 5.91 Å². The van der Waals surface area contributed by atoms with E-state index in [4.69, 9.17) is 4.74 Å². The van der Waals surface area contributed by atoms with Crippen molar-refractivity contribution in [2.24, 2.45) is 16.7 Å². The summed E-state index contributed by atoms with van der Waals surface area (Å²) in [5.41, 5.74) is 5.60. The standard InChI is InChI=1S/C38H46N4O6S/c1-37(2)27-15-16-28(37)34(43)32(27)39-36(45)38-19-29(38)26-18-23(48-5)12-14-24(26)33-31(21-9-7-6-8-10-21)25-13-11-22(17-30(25)42(33)20-38)35(44)40-49(46,47)41(3)4/h11-14,16-18,21,27,29,32,34,43H,6-10,15,19-20H2,1-5H3,(H,39,45)(H,40,44)/t27?,29?,32-,34+,38?/m1/s1. The second-order valence-corrected chi connectivity index (χ2v) is 17.6. The van der Waals surface area contributed by atoms with E-state index in [9.17, 15) is 23.1 Å². The molecule has 5 aliphatic rings. The summed E-state index contributed by atoms with van der Waals surface area (Å²) in [7, 11) is 0.412. The van der Waals surface area contributed by atoms with Crippen molar-refractivity contribution < 1.29 is 27.9 Å². The highest BCUT2D eigenvalue weighted by Gasteiger charge is 2.64. The molecule has 2 aromatic carbocycles. The van der Waals surface area contributed by atoms with E-state index in [1.807, 2.05) is 12.1 Å². The van der Waals surface area contributed by atoms with Gasteiger partial charge in [0.2, 0.25) is 5.91 Å².